The van der Waals surface area contributed by atoms with Crippen LogP contribution in [0.3, 0.4) is 0 Å². The molecule has 5 rings (SSSR count). The van der Waals surface area contributed by atoms with Gasteiger partial charge < -0.3 is 13.9 Å². The highest BCUT2D eigenvalue weighted by Crippen LogP contribution is 2.43. The van der Waals surface area contributed by atoms with Crippen LogP contribution in [0.5, 0.6) is 11.5 Å². The zero-order valence-corrected chi connectivity index (χ0v) is 22.7. The molecule has 0 aliphatic carbocycles. The number of hydrogen-bond acceptors (Lipinski definition) is 5. The first-order chi connectivity index (χ1) is 18.4. The van der Waals surface area contributed by atoms with Gasteiger partial charge in [0.05, 0.1) is 30.7 Å². The van der Waals surface area contributed by atoms with Crippen LogP contribution < -0.4 is 19.8 Å². The Bertz CT molecular complexity index is 1550. The normalized spacial score (nSPS) is 14.7. The highest BCUT2D eigenvalue weighted by atomic mass is 79.9. The lowest BCUT2D eigenvalue weighted by atomic mass is 9.97. The van der Waals surface area contributed by atoms with Gasteiger partial charge in [0.1, 0.15) is 11.4 Å². The molecule has 0 fully saturated rings. The molecule has 1 amide bonds. The van der Waals surface area contributed by atoms with Crippen LogP contribution >= 0.6 is 15.9 Å². The molecule has 0 bridgehead atoms. The van der Waals surface area contributed by atoms with Gasteiger partial charge in [-0.2, -0.15) is 0 Å². The van der Waals surface area contributed by atoms with E-state index >= 15 is 0 Å². The van der Waals surface area contributed by atoms with E-state index in [0.717, 1.165) is 30.2 Å². The SMILES string of the molecule is CCCCCCOc1ccc(C2c3c(oc4ccc(Br)cc4c3=O)C(=O)N2c2ccc(F)cc2)cc1OC. The third kappa shape index (κ3) is 4.80. The Labute approximate surface area is 228 Å². The summed E-state index contributed by atoms with van der Waals surface area (Å²) in [4.78, 5) is 29.0. The van der Waals surface area contributed by atoms with Gasteiger partial charge in [-0.25, -0.2) is 4.39 Å². The highest BCUT2D eigenvalue weighted by molar-refractivity contribution is 9.10. The molecule has 1 atom stereocenters. The summed E-state index contributed by atoms with van der Waals surface area (Å²) in [5.74, 6) is 0.135. The highest BCUT2D eigenvalue weighted by Gasteiger charge is 2.44. The van der Waals surface area contributed by atoms with Crippen LogP contribution in [0.15, 0.2) is 74.3 Å². The van der Waals surface area contributed by atoms with Gasteiger partial charge in [0.25, 0.3) is 5.91 Å². The van der Waals surface area contributed by atoms with E-state index in [4.69, 9.17) is 13.9 Å². The van der Waals surface area contributed by atoms with E-state index in [2.05, 4.69) is 22.9 Å². The summed E-state index contributed by atoms with van der Waals surface area (Å²) in [6.07, 6.45) is 4.32. The van der Waals surface area contributed by atoms with Crippen molar-refractivity contribution >= 4 is 38.5 Å². The summed E-state index contributed by atoms with van der Waals surface area (Å²) in [7, 11) is 1.55. The Morgan fingerprint density at radius 1 is 0.974 bits per heavy atom. The minimum absolute atomic E-state index is 0.0330. The first-order valence-electron chi connectivity index (χ1n) is 12.6. The van der Waals surface area contributed by atoms with Crippen LogP contribution in [0.25, 0.3) is 11.0 Å². The maximum absolute atomic E-state index is 13.8. The number of nitrogens with zero attached hydrogens (tertiary/aromatic N) is 1. The number of anilines is 1. The maximum Gasteiger partial charge on any atom is 0.295 e. The quantitative estimate of drug-likeness (QED) is 0.193. The van der Waals surface area contributed by atoms with Crippen molar-refractivity contribution < 1.29 is 23.1 Å². The Morgan fingerprint density at radius 3 is 2.50 bits per heavy atom. The second-order valence-electron chi connectivity index (χ2n) is 9.19. The molecule has 8 heteroatoms. The van der Waals surface area contributed by atoms with Gasteiger partial charge in [-0.15, -0.1) is 0 Å². The lowest BCUT2D eigenvalue weighted by Gasteiger charge is -2.26. The Hall–Kier alpha value is -3.65. The van der Waals surface area contributed by atoms with Gasteiger partial charge in [-0.05, 0) is 66.6 Å². The minimum atomic E-state index is -0.810. The molecule has 4 aromatic rings. The lowest BCUT2D eigenvalue weighted by molar-refractivity contribution is 0.0971. The fourth-order valence-corrected chi connectivity index (χ4v) is 5.17. The molecular formula is C30H27BrFNO5. The predicted molar refractivity (Wildman–Crippen MR) is 148 cm³/mol. The van der Waals surface area contributed by atoms with Crippen LogP contribution in [0.4, 0.5) is 10.1 Å². The number of carbonyl (C=O) groups excluding carboxylic acids is 1. The third-order valence-corrected chi connectivity index (χ3v) is 7.19. The average Bonchev–Trinajstić information content (AvgIpc) is 3.22. The number of benzene rings is 3. The maximum atomic E-state index is 13.8. The molecule has 0 N–H and O–H groups in total. The molecule has 0 spiro atoms. The second kappa shape index (κ2) is 11.0. The molecule has 6 nitrogen and oxygen atoms in total. The largest absolute Gasteiger partial charge is 0.493 e. The molecule has 1 unspecified atom stereocenters. The summed E-state index contributed by atoms with van der Waals surface area (Å²) in [5, 5.41) is 0.357. The van der Waals surface area contributed by atoms with Crippen molar-refractivity contribution in [1.29, 1.82) is 0 Å². The predicted octanol–water partition coefficient (Wildman–Crippen LogP) is 7.41. The van der Waals surface area contributed by atoms with E-state index < -0.39 is 17.8 Å². The van der Waals surface area contributed by atoms with Crippen molar-refractivity contribution in [2.24, 2.45) is 0 Å². The summed E-state index contributed by atoms with van der Waals surface area (Å²) in [6.45, 7) is 2.72. The summed E-state index contributed by atoms with van der Waals surface area (Å²) < 4.78 is 32.1. The molecule has 38 heavy (non-hydrogen) atoms. The van der Waals surface area contributed by atoms with E-state index in [1.165, 1.54) is 29.2 Å². The first-order valence-corrected chi connectivity index (χ1v) is 13.4. The monoisotopic (exact) mass is 579 g/mol. The van der Waals surface area contributed by atoms with E-state index in [1.54, 1.807) is 37.4 Å². The van der Waals surface area contributed by atoms with Crippen molar-refractivity contribution in [2.45, 2.75) is 38.6 Å². The number of halogens is 2. The molecule has 0 saturated carbocycles. The van der Waals surface area contributed by atoms with E-state index in [1.807, 2.05) is 6.07 Å². The van der Waals surface area contributed by atoms with Gasteiger partial charge in [0.2, 0.25) is 5.76 Å². The fraction of sp³-hybridized carbons (Fsp3) is 0.267. The van der Waals surface area contributed by atoms with Crippen LogP contribution in [-0.2, 0) is 0 Å². The van der Waals surface area contributed by atoms with E-state index in [-0.39, 0.29) is 16.8 Å². The Morgan fingerprint density at radius 2 is 1.76 bits per heavy atom. The van der Waals surface area contributed by atoms with Crippen LogP contribution in [0.2, 0.25) is 0 Å². The van der Waals surface area contributed by atoms with Gasteiger partial charge in [0.15, 0.2) is 16.9 Å². The number of hydrogen-bond donors (Lipinski definition) is 0. The molecule has 1 aliphatic rings. The number of fused-ring (bicyclic) bond motifs is 2. The molecule has 0 saturated heterocycles. The standard InChI is InChI=1S/C30H27BrFNO5/c1-3-4-5-6-15-37-24-13-7-18(16-25(24)36-2)27-26-28(34)22-17-19(31)8-14-23(22)38-29(26)30(35)33(27)21-11-9-20(32)10-12-21/h7-14,16-17,27H,3-6,15H2,1-2H3. The fourth-order valence-electron chi connectivity index (χ4n) is 4.81. The van der Waals surface area contributed by atoms with E-state index in [0.29, 0.717) is 40.3 Å². The Kier molecular flexibility index (Phi) is 7.51. The smallest absolute Gasteiger partial charge is 0.295 e. The number of carbonyl (C=O) groups is 1. The van der Waals surface area contributed by atoms with Gasteiger partial charge in [-0.1, -0.05) is 48.2 Å². The zero-order chi connectivity index (χ0) is 26.8. The van der Waals surface area contributed by atoms with Crippen molar-refractivity contribution in [3.05, 3.63) is 98.1 Å². The number of unbranched alkanes of at least 4 members (excludes halogenated alkanes) is 3. The average molecular weight is 580 g/mol. The zero-order valence-electron chi connectivity index (χ0n) is 21.1. The number of methoxy groups -OCH3 is 1. The summed E-state index contributed by atoms with van der Waals surface area (Å²) in [5.41, 5.74) is 1.31. The molecule has 1 aromatic heterocycles. The molecule has 0 radical (unpaired) electrons. The topological polar surface area (TPSA) is 69.0 Å². The van der Waals surface area contributed by atoms with Gasteiger partial charge >= 0.3 is 0 Å². The number of amides is 1. The molecule has 2 heterocycles. The van der Waals surface area contributed by atoms with E-state index in [9.17, 15) is 14.0 Å². The minimum Gasteiger partial charge on any atom is -0.493 e. The van der Waals surface area contributed by atoms with Crippen molar-refractivity contribution in [3.63, 3.8) is 0 Å². The number of rotatable bonds is 9. The van der Waals surface area contributed by atoms with Gasteiger partial charge in [-0.3, -0.25) is 14.5 Å². The summed E-state index contributed by atoms with van der Waals surface area (Å²) >= 11 is 3.41. The number of ether oxygens (including phenoxy) is 2. The van der Waals surface area contributed by atoms with Crippen LogP contribution in [-0.4, -0.2) is 19.6 Å². The molecule has 1 aliphatic heterocycles. The van der Waals surface area contributed by atoms with Gasteiger partial charge in [0, 0.05) is 10.2 Å². The van der Waals surface area contributed by atoms with Crippen LogP contribution in [0, 0.1) is 5.82 Å². The lowest BCUT2D eigenvalue weighted by Crippen LogP contribution is -2.29. The van der Waals surface area contributed by atoms with Crippen molar-refractivity contribution in [3.8, 4) is 11.5 Å². The van der Waals surface area contributed by atoms with Crippen molar-refractivity contribution in [2.75, 3.05) is 18.6 Å². The first kappa shape index (κ1) is 26.0. The summed E-state index contributed by atoms with van der Waals surface area (Å²) in [6, 6.07) is 15.2. The second-order valence-corrected chi connectivity index (χ2v) is 10.1. The molecule has 196 valence electrons. The van der Waals surface area contributed by atoms with Crippen LogP contribution in [0.1, 0.15) is 60.3 Å². The molecule has 3 aromatic carbocycles. The molecular weight excluding hydrogens is 553 g/mol. The third-order valence-electron chi connectivity index (χ3n) is 6.70. The van der Waals surface area contributed by atoms with Crippen molar-refractivity contribution in [1.82, 2.24) is 0 Å². The Balaban J connectivity index is 1.63.